The second kappa shape index (κ2) is 4.17. The monoisotopic (exact) mass is 260 g/mol. The van der Waals surface area contributed by atoms with Gasteiger partial charge in [-0.15, -0.1) is 11.6 Å². The minimum atomic E-state index is 0.108. The molecule has 0 saturated carbocycles. The Labute approximate surface area is 112 Å². The van der Waals surface area contributed by atoms with E-state index in [2.05, 4.69) is 32.1 Å². The number of halogens is 1. The third-order valence-electron chi connectivity index (χ3n) is 3.54. The second-order valence-corrected chi connectivity index (χ2v) is 6.46. The molecule has 1 nitrogen and oxygen atoms in total. The predicted octanol–water partition coefficient (Wildman–Crippen LogP) is 5.24. The van der Waals surface area contributed by atoms with Crippen molar-refractivity contribution in [2.45, 2.75) is 32.1 Å². The van der Waals surface area contributed by atoms with Crippen molar-refractivity contribution >= 4 is 28.1 Å². The van der Waals surface area contributed by atoms with Crippen LogP contribution >= 0.6 is 11.6 Å². The molecule has 0 bridgehead atoms. The van der Waals surface area contributed by atoms with Gasteiger partial charge >= 0.3 is 0 Å². The number of benzene rings is 1. The van der Waals surface area contributed by atoms with Gasteiger partial charge in [0.2, 0.25) is 0 Å². The fourth-order valence-electron chi connectivity index (χ4n) is 2.76. The maximum Gasteiger partial charge on any atom is 0.134 e. The summed E-state index contributed by atoms with van der Waals surface area (Å²) in [4.78, 5) is 0. The average Bonchev–Trinajstić information content (AvgIpc) is 2.69. The van der Waals surface area contributed by atoms with Gasteiger partial charge in [0.25, 0.3) is 0 Å². The standard InChI is InChI=1S/C16H17ClO/c1-16(2)9-12(7-13(17)10-16)15-8-11-5-3-4-6-14(11)18-15/h3-8,13H,9-10H2,1-2H3. The molecule has 0 saturated heterocycles. The van der Waals surface area contributed by atoms with Crippen molar-refractivity contribution in [3.05, 3.63) is 42.2 Å². The van der Waals surface area contributed by atoms with Crippen molar-refractivity contribution in [1.29, 1.82) is 0 Å². The van der Waals surface area contributed by atoms with Crippen molar-refractivity contribution in [3.8, 4) is 0 Å². The maximum absolute atomic E-state index is 6.33. The van der Waals surface area contributed by atoms with Crippen LogP contribution in [0, 0.1) is 5.41 Å². The number of fused-ring (bicyclic) bond motifs is 1. The molecule has 18 heavy (non-hydrogen) atoms. The maximum atomic E-state index is 6.33. The molecular formula is C16H17ClO. The number of hydrogen-bond acceptors (Lipinski definition) is 1. The SMILES string of the molecule is CC1(C)CC(c2cc3ccccc3o2)=CC(Cl)C1. The molecule has 2 aromatic rings. The molecule has 1 aromatic carbocycles. The Kier molecular flexibility index (Phi) is 2.74. The Balaban J connectivity index is 2.04. The van der Waals surface area contributed by atoms with E-state index < -0.39 is 0 Å². The molecule has 3 rings (SSSR count). The summed E-state index contributed by atoms with van der Waals surface area (Å²) in [6.45, 7) is 4.52. The number of allylic oxidation sites excluding steroid dienone is 2. The summed E-state index contributed by atoms with van der Waals surface area (Å²) in [5.41, 5.74) is 2.43. The van der Waals surface area contributed by atoms with Crippen LogP contribution in [0.15, 0.2) is 40.8 Å². The minimum Gasteiger partial charge on any atom is -0.456 e. The Morgan fingerprint density at radius 1 is 1.28 bits per heavy atom. The highest BCUT2D eigenvalue weighted by atomic mass is 35.5. The molecule has 1 aliphatic rings. The highest BCUT2D eigenvalue weighted by Crippen LogP contribution is 2.42. The number of hydrogen-bond donors (Lipinski definition) is 0. The summed E-state index contributed by atoms with van der Waals surface area (Å²) < 4.78 is 5.92. The lowest BCUT2D eigenvalue weighted by atomic mass is 9.76. The van der Waals surface area contributed by atoms with Gasteiger partial charge in [-0.1, -0.05) is 38.1 Å². The lowest BCUT2D eigenvalue weighted by molar-refractivity contribution is 0.337. The van der Waals surface area contributed by atoms with Crippen LogP contribution in [0.1, 0.15) is 32.4 Å². The van der Waals surface area contributed by atoms with Gasteiger partial charge in [-0.05, 0) is 36.0 Å². The summed E-state index contributed by atoms with van der Waals surface area (Å²) in [6, 6.07) is 10.2. The third kappa shape index (κ3) is 2.20. The lowest BCUT2D eigenvalue weighted by Gasteiger charge is -2.31. The van der Waals surface area contributed by atoms with Gasteiger partial charge in [0.15, 0.2) is 0 Å². The van der Waals surface area contributed by atoms with Crippen molar-refractivity contribution in [2.75, 3.05) is 0 Å². The van der Waals surface area contributed by atoms with E-state index in [1.54, 1.807) is 0 Å². The van der Waals surface area contributed by atoms with E-state index in [0.29, 0.717) is 0 Å². The molecule has 1 aliphatic carbocycles. The van der Waals surface area contributed by atoms with Crippen LogP contribution in [0.4, 0.5) is 0 Å². The fourth-order valence-corrected chi connectivity index (χ4v) is 3.33. The van der Waals surface area contributed by atoms with Gasteiger partial charge in [-0.25, -0.2) is 0 Å². The molecule has 94 valence electrons. The second-order valence-electron chi connectivity index (χ2n) is 5.90. The summed E-state index contributed by atoms with van der Waals surface area (Å²) in [6.07, 6.45) is 4.19. The van der Waals surface area contributed by atoms with E-state index in [9.17, 15) is 0 Å². The Bertz CT molecular complexity index is 573. The zero-order chi connectivity index (χ0) is 12.8. The molecular weight excluding hydrogens is 244 g/mol. The van der Waals surface area contributed by atoms with E-state index >= 15 is 0 Å². The average molecular weight is 261 g/mol. The molecule has 0 radical (unpaired) electrons. The van der Waals surface area contributed by atoms with E-state index in [4.69, 9.17) is 16.0 Å². The Morgan fingerprint density at radius 2 is 2.06 bits per heavy atom. The summed E-state index contributed by atoms with van der Waals surface area (Å²) >= 11 is 6.33. The fraction of sp³-hybridized carbons (Fsp3) is 0.375. The Hall–Kier alpha value is -1.21. The highest BCUT2D eigenvalue weighted by Gasteiger charge is 2.29. The van der Waals surface area contributed by atoms with Crippen LogP contribution in [0.3, 0.4) is 0 Å². The van der Waals surface area contributed by atoms with Gasteiger partial charge in [0.1, 0.15) is 11.3 Å². The number of para-hydroxylation sites is 1. The first-order valence-electron chi connectivity index (χ1n) is 6.37. The zero-order valence-corrected chi connectivity index (χ0v) is 11.5. The summed E-state index contributed by atoms with van der Waals surface area (Å²) in [5.74, 6) is 0.967. The number of furan rings is 1. The summed E-state index contributed by atoms with van der Waals surface area (Å²) in [7, 11) is 0. The van der Waals surface area contributed by atoms with E-state index in [1.165, 1.54) is 5.57 Å². The highest BCUT2D eigenvalue weighted by molar-refractivity contribution is 6.22. The van der Waals surface area contributed by atoms with E-state index in [1.807, 2.05) is 18.2 Å². The van der Waals surface area contributed by atoms with Crippen LogP contribution in [-0.4, -0.2) is 5.38 Å². The van der Waals surface area contributed by atoms with Crippen LogP contribution in [-0.2, 0) is 0 Å². The molecule has 0 N–H and O–H groups in total. The van der Waals surface area contributed by atoms with Gasteiger partial charge in [0.05, 0.1) is 5.38 Å². The Morgan fingerprint density at radius 3 is 2.78 bits per heavy atom. The molecule has 0 fully saturated rings. The van der Waals surface area contributed by atoms with Crippen LogP contribution in [0.5, 0.6) is 0 Å². The number of alkyl halides is 1. The third-order valence-corrected chi connectivity index (χ3v) is 3.82. The molecule has 1 atom stereocenters. The van der Waals surface area contributed by atoms with Crippen molar-refractivity contribution in [1.82, 2.24) is 0 Å². The minimum absolute atomic E-state index is 0.108. The normalized spacial score (nSPS) is 23.1. The van der Waals surface area contributed by atoms with Crippen LogP contribution < -0.4 is 0 Å². The van der Waals surface area contributed by atoms with E-state index in [0.717, 1.165) is 29.6 Å². The van der Waals surface area contributed by atoms with Crippen molar-refractivity contribution < 1.29 is 4.42 Å². The molecule has 0 amide bonds. The topological polar surface area (TPSA) is 13.1 Å². The number of rotatable bonds is 1. The molecule has 1 heterocycles. The van der Waals surface area contributed by atoms with Crippen LogP contribution in [0.25, 0.3) is 16.5 Å². The smallest absolute Gasteiger partial charge is 0.134 e. The van der Waals surface area contributed by atoms with Gasteiger partial charge in [-0.2, -0.15) is 0 Å². The van der Waals surface area contributed by atoms with Gasteiger partial charge in [-0.3, -0.25) is 0 Å². The molecule has 0 spiro atoms. The first kappa shape index (κ1) is 11.9. The largest absolute Gasteiger partial charge is 0.456 e. The summed E-state index contributed by atoms with van der Waals surface area (Å²) in [5, 5.41) is 1.26. The molecule has 0 aliphatic heterocycles. The first-order valence-corrected chi connectivity index (χ1v) is 6.81. The lowest BCUT2D eigenvalue weighted by Crippen LogP contribution is -2.21. The van der Waals surface area contributed by atoms with Gasteiger partial charge in [0, 0.05) is 5.39 Å². The van der Waals surface area contributed by atoms with Gasteiger partial charge < -0.3 is 4.42 Å². The van der Waals surface area contributed by atoms with Crippen LogP contribution in [0.2, 0.25) is 0 Å². The molecule has 1 aromatic heterocycles. The quantitative estimate of drug-likeness (QED) is 0.639. The molecule has 2 heteroatoms. The first-order chi connectivity index (χ1) is 8.53. The van der Waals surface area contributed by atoms with E-state index in [-0.39, 0.29) is 10.8 Å². The van der Waals surface area contributed by atoms with Crippen molar-refractivity contribution in [2.24, 2.45) is 5.41 Å². The molecule has 1 unspecified atom stereocenters. The zero-order valence-electron chi connectivity index (χ0n) is 10.7. The van der Waals surface area contributed by atoms with Crippen molar-refractivity contribution in [3.63, 3.8) is 0 Å². The predicted molar refractivity (Wildman–Crippen MR) is 76.8 cm³/mol.